The van der Waals surface area contributed by atoms with Gasteiger partial charge in [-0.3, -0.25) is 4.79 Å². The van der Waals surface area contributed by atoms with Gasteiger partial charge in [0.15, 0.2) is 0 Å². The van der Waals surface area contributed by atoms with Crippen LogP contribution in [0.4, 0.5) is 4.79 Å². The van der Waals surface area contributed by atoms with E-state index < -0.39 is 18.2 Å². The number of hydrogen-bond donors (Lipinski definition) is 1. The Morgan fingerprint density at radius 3 is 3.09 bits per heavy atom. The van der Waals surface area contributed by atoms with Crippen molar-refractivity contribution in [1.82, 2.24) is 0 Å². The van der Waals surface area contributed by atoms with Gasteiger partial charge in [-0.1, -0.05) is 6.08 Å². The lowest BCUT2D eigenvalue weighted by molar-refractivity contribution is -0.150. The highest BCUT2D eigenvalue weighted by molar-refractivity contribution is 5.94. The zero-order valence-electron chi connectivity index (χ0n) is 5.65. The molecule has 11 heavy (non-hydrogen) atoms. The van der Waals surface area contributed by atoms with Crippen LogP contribution in [0.2, 0.25) is 0 Å². The van der Waals surface area contributed by atoms with Crippen LogP contribution in [0.25, 0.3) is 0 Å². The first-order chi connectivity index (χ1) is 5.20. The molecule has 0 saturated carbocycles. The first-order valence-corrected chi connectivity index (χ1v) is 2.98. The highest BCUT2D eigenvalue weighted by Gasteiger charge is 2.22. The maximum atomic E-state index is 10.8. The summed E-state index contributed by atoms with van der Waals surface area (Å²) in [6, 6.07) is 0. The molecule has 5 heteroatoms. The fourth-order valence-electron chi connectivity index (χ4n) is 0.666. The van der Waals surface area contributed by atoms with Crippen molar-refractivity contribution >= 4 is 11.9 Å². The number of carbonyl (C=O) groups is 2. The lowest BCUT2D eigenvalue weighted by Crippen LogP contribution is -2.33. The molecule has 1 aliphatic heterocycles. The Labute approximate surface area is 62.8 Å². The van der Waals surface area contributed by atoms with E-state index in [1.54, 1.807) is 0 Å². The maximum absolute atomic E-state index is 10.8. The van der Waals surface area contributed by atoms with Crippen molar-refractivity contribution in [3.8, 4) is 0 Å². The Hall–Kier alpha value is -1.36. The molecule has 0 aromatic rings. The lowest BCUT2D eigenvalue weighted by Gasteiger charge is -2.15. The molecule has 0 saturated heterocycles. The molecule has 0 aromatic carbocycles. The Balaban J connectivity index is 2.52. The Kier molecular flexibility index (Phi) is 2.22. The SMILES string of the molecule is NC(=O)OC1OCC=CC1=O. The molecule has 0 fully saturated rings. The molecule has 1 amide bonds. The topological polar surface area (TPSA) is 78.6 Å². The Bertz CT molecular complexity index is 211. The van der Waals surface area contributed by atoms with Gasteiger partial charge in [0.2, 0.25) is 5.78 Å². The Morgan fingerprint density at radius 1 is 1.82 bits per heavy atom. The molecule has 60 valence electrons. The predicted octanol–water partition coefficient (Wildman–Crippen LogP) is -0.437. The number of ether oxygens (including phenoxy) is 2. The molecule has 5 nitrogen and oxygen atoms in total. The van der Waals surface area contributed by atoms with E-state index in [4.69, 9.17) is 4.74 Å². The zero-order valence-corrected chi connectivity index (χ0v) is 5.65. The summed E-state index contributed by atoms with van der Waals surface area (Å²) in [6.45, 7) is 0.254. The third kappa shape index (κ3) is 2.05. The van der Waals surface area contributed by atoms with Gasteiger partial charge in [-0.2, -0.15) is 0 Å². The number of rotatable bonds is 1. The third-order valence-electron chi connectivity index (χ3n) is 1.08. The van der Waals surface area contributed by atoms with E-state index in [1.807, 2.05) is 0 Å². The van der Waals surface area contributed by atoms with E-state index >= 15 is 0 Å². The molecule has 1 unspecified atom stereocenters. The van der Waals surface area contributed by atoms with Crippen LogP contribution in [0.1, 0.15) is 0 Å². The van der Waals surface area contributed by atoms with Crippen molar-refractivity contribution in [2.75, 3.05) is 6.61 Å². The number of hydrogen-bond acceptors (Lipinski definition) is 4. The largest absolute Gasteiger partial charge is 0.412 e. The maximum Gasteiger partial charge on any atom is 0.407 e. The number of primary amides is 1. The van der Waals surface area contributed by atoms with Crippen molar-refractivity contribution in [3.63, 3.8) is 0 Å². The van der Waals surface area contributed by atoms with Crippen LogP contribution in [-0.4, -0.2) is 24.8 Å². The van der Waals surface area contributed by atoms with Crippen LogP contribution in [0.3, 0.4) is 0 Å². The summed E-state index contributed by atoms with van der Waals surface area (Å²) < 4.78 is 9.06. The van der Waals surface area contributed by atoms with Crippen molar-refractivity contribution in [2.24, 2.45) is 5.73 Å². The van der Waals surface area contributed by atoms with Gasteiger partial charge in [-0.15, -0.1) is 0 Å². The number of amides is 1. The summed E-state index contributed by atoms with van der Waals surface area (Å²) >= 11 is 0. The van der Waals surface area contributed by atoms with Crippen molar-refractivity contribution in [3.05, 3.63) is 12.2 Å². The van der Waals surface area contributed by atoms with Crippen molar-refractivity contribution in [1.29, 1.82) is 0 Å². The fourth-order valence-corrected chi connectivity index (χ4v) is 0.666. The highest BCUT2D eigenvalue weighted by Crippen LogP contribution is 2.03. The van der Waals surface area contributed by atoms with Gasteiger partial charge in [-0.25, -0.2) is 4.79 Å². The molecule has 1 heterocycles. The third-order valence-corrected chi connectivity index (χ3v) is 1.08. The van der Waals surface area contributed by atoms with Gasteiger partial charge in [0.05, 0.1) is 6.61 Å². The quantitative estimate of drug-likeness (QED) is 0.559. The molecule has 1 atom stereocenters. The molecular weight excluding hydrogens is 150 g/mol. The molecule has 0 aromatic heterocycles. The average Bonchev–Trinajstić information content (AvgIpc) is 1.93. The fraction of sp³-hybridized carbons (Fsp3) is 0.333. The van der Waals surface area contributed by atoms with Gasteiger partial charge >= 0.3 is 6.09 Å². The lowest BCUT2D eigenvalue weighted by atomic mass is 10.3. The molecule has 0 spiro atoms. The smallest absolute Gasteiger partial charge is 0.407 e. The Morgan fingerprint density at radius 2 is 2.55 bits per heavy atom. The summed E-state index contributed by atoms with van der Waals surface area (Å²) in [6.07, 6.45) is 0.650. The minimum Gasteiger partial charge on any atom is -0.412 e. The monoisotopic (exact) mass is 157 g/mol. The minimum atomic E-state index is -1.16. The number of nitrogens with two attached hydrogens (primary N) is 1. The van der Waals surface area contributed by atoms with Gasteiger partial charge < -0.3 is 15.2 Å². The van der Waals surface area contributed by atoms with Crippen LogP contribution >= 0.6 is 0 Å². The summed E-state index contributed by atoms with van der Waals surface area (Å²) in [5.74, 6) is -0.407. The van der Waals surface area contributed by atoms with Gasteiger partial charge in [0.1, 0.15) is 0 Å². The van der Waals surface area contributed by atoms with E-state index in [2.05, 4.69) is 10.5 Å². The average molecular weight is 157 g/mol. The predicted molar refractivity (Wildman–Crippen MR) is 34.6 cm³/mol. The normalized spacial score (nSPS) is 23.3. The van der Waals surface area contributed by atoms with E-state index in [1.165, 1.54) is 12.2 Å². The van der Waals surface area contributed by atoms with Crippen LogP contribution < -0.4 is 5.73 Å². The molecule has 1 rings (SSSR count). The van der Waals surface area contributed by atoms with Crippen LogP contribution in [-0.2, 0) is 14.3 Å². The van der Waals surface area contributed by atoms with Crippen LogP contribution in [0.15, 0.2) is 12.2 Å². The van der Waals surface area contributed by atoms with Crippen LogP contribution in [0, 0.1) is 0 Å². The summed E-state index contributed by atoms with van der Waals surface area (Å²) in [5.41, 5.74) is 4.67. The molecule has 0 aliphatic carbocycles. The summed E-state index contributed by atoms with van der Waals surface area (Å²) in [4.78, 5) is 20.9. The zero-order chi connectivity index (χ0) is 8.27. The number of ketones is 1. The van der Waals surface area contributed by atoms with E-state index in [0.29, 0.717) is 0 Å². The second kappa shape index (κ2) is 3.16. The number of carbonyl (C=O) groups excluding carboxylic acids is 2. The molecule has 0 bridgehead atoms. The molecule has 0 radical (unpaired) electrons. The summed E-state index contributed by atoms with van der Waals surface area (Å²) in [5, 5.41) is 0. The van der Waals surface area contributed by atoms with E-state index in [-0.39, 0.29) is 6.61 Å². The van der Waals surface area contributed by atoms with Crippen molar-refractivity contribution < 1.29 is 19.1 Å². The van der Waals surface area contributed by atoms with Gasteiger partial charge in [0.25, 0.3) is 6.29 Å². The summed E-state index contributed by atoms with van der Waals surface area (Å²) in [7, 11) is 0. The van der Waals surface area contributed by atoms with Gasteiger partial charge in [0, 0.05) is 0 Å². The molecule has 2 N–H and O–H groups in total. The standard InChI is InChI=1S/C6H7NO4/c7-6(9)11-5-4(8)2-1-3-10-5/h1-2,5H,3H2,(H2,7,9). The highest BCUT2D eigenvalue weighted by atomic mass is 16.7. The van der Waals surface area contributed by atoms with Crippen LogP contribution in [0.5, 0.6) is 0 Å². The molecular formula is C6H7NO4. The van der Waals surface area contributed by atoms with Crippen molar-refractivity contribution in [2.45, 2.75) is 6.29 Å². The minimum absolute atomic E-state index is 0.254. The first-order valence-electron chi connectivity index (χ1n) is 2.98. The van der Waals surface area contributed by atoms with E-state index in [0.717, 1.165) is 0 Å². The van der Waals surface area contributed by atoms with Gasteiger partial charge in [-0.05, 0) is 6.08 Å². The molecule has 1 aliphatic rings. The second-order valence-corrected chi connectivity index (χ2v) is 1.91. The second-order valence-electron chi connectivity index (χ2n) is 1.91. The first kappa shape index (κ1) is 7.74. The van der Waals surface area contributed by atoms with E-state index in [9.17, 15) is 9.59 Å².